The number of ether oxygens (including phenoxy) is 4. The molecule has 17 nitrogen and oxygen atoms in total. The second-order valence-corrected chi connectivity index (χ2v) is 29.4. The Morgan fingerprint density at radius 3 is 0.747 bits per heavy atom. The second-order valence-electron chi connectivity index (χ2n) is 26.5. The summed E-state index contributed by atoms with van der Waals surface area (Å²) in [6.45, 7) is 7.14. The summed E-state index contributed by atoms with van der Waals surface area (Å²) >= 11 is 0. The predicted octanol–water partition coefficient (Wildman–Crippen LogP) is 20.9. The number of phosphoric ester groups is 2. The molecule has 0 aromatic rings. The number of aliphatic hydroxyl groups excluding tert-OH is 1. The number of hydrogen-bond acceptors (Lipinski definition) is 15. The largest absolute Gasteiger partial charge is 0.472 e. The summed E-state index contributed by atoms with van der Waals surface area (Å²) in [7, 11) is -9.89. The van der Waals surface area contributed by atoms with Gasteiger partial charge in [0, 0.05) is 25.7 Å². The molecule has 0 spiro atoms. The van der Waals surface area contributed by atoms with Gasteiger partial charge in [0.1, 0.15) is 19.3 Å². The first-order valence-corrected chi connectivity index (χ1v) is 40.6. The molecule has 0 aliphatic carbocycles. The van der Waals surface area contributed by atoms with E-state index in [2.05, 4.69) is 34.6 Å². The third-order valence-electron chi connectivity index (χ3n) is 16.8. The lowest BCUT2D eigenvalue weighted by molar-refractivity contribution is -0.161. The molecule has 0 saturated heterocycles. The molecule has 0 aromatic carbocycles. The molecule has 3 N–H and O–H groups in total. The lowest BCUT2D eigenvalue weighted by Crippen LogP contribution is -2.30. The van der Waals surface area contributed by atoms with Crippen molar-refractivity contribution in [2.24, 2.45) is 5.92 Å². The molecule has 5 atom stereocenters. The minimum absolute atomic E-state index is 0.103. The van der Waals surface area contributed by atoms with Gasteiger partial charge in [0.2, 0.25) is 0 Å². The molecule has 0 fully saturated rings. The highest BCUT2D eigenvalue weighted by molar-refractivity contribution is 7.47. The van der Waals surface area contributed by atoms with E-state index >= 15 is 0 Å². The molecule has 0 aromatic heterocycles. The fraction of sp³-hybridized carbons (Fsp3) is 0.944. The van der Waals surface area contributed by atoms with Gasteiger partial charge >= 0.3 is 39.5 Å². The Morgan fingerprint density at radius 1 is 0.297 bits per heavy atom. The number of rotatable bonds is 72. The summed E-state index contributed by atoms with van der Waals surface area (Å²) in [4.78, 5) is 72.4. The summed E-state index contributed by atoms with van der Waals surface area (Å²) in [6, 6.07) is 0. The van der Waals surface area contributed by atoms with Crippen LogP contribution in [0.5, 0.6) is 0 Å². The number of carbonyl (C=O) groups is 4. The SMILES string of the molecule is CCCCCCCCCCCCCCCCCCCCCCCCC(=O)O[C@H](COC(=O)CCCCCCCCCCCCCC)COP(=O)(O)OC[C@@H](O)COP(=O)(O)OC[C@@H](COC(=O)CCCCCCCCC)OC(=O)CCCCCCCCCC(C)C. The first kappa shape index (κ1) is 89.1. The van der Waals surface area contributed by atoms with Gasteiger partial charge in [0.15, 0.2) is 12.2 Å². The highest BCUT2D eigenvalue weighted by Crippen LogP contribution is 2.45. The summed E-state index contributed by atoms with van der Waals surface area (Å²) < 4.78 is 68.2. The van der Waals surface area contributed by atoms with Crippen LogP contribution >= 0.6 is 15.6 Å². The summed E-state index contributed by atoms with van der Waals surface area (Å²) in [5, 5.41) is 10.6. The van der Waals surface area contributed by atoms with E-state index in [4.69, 9.17) is 37.0 Å². The number of hydrogen-bond donors (Lipinski definition) is 3. The van der Waals surface area contributed by atoms with Crippen molar-refractivity contribution >= 4 is 39.5 Å². The van der Waals surface area contributed by atoms with Gasteiger partial charge in [-0.15, -0.1) is 0 Å². The van der Waals surface area contributed by atoms with Gasteiger partial charge in [0.05, 0.1) is 26.4 Å². The van der Waals surface area contributed by atoms with Gasteiger partial charge < -0.3 is 33.8 Å². The average Bonchev–Trinajstić information content (AvgIpc) is 3.74. The van der Waals surface area contributed by atoms with Crippen LogP contribution in [0, 0.1) is 5.92 Å². The molecule has 91 heavy (non-hydrogen) atoms. The lowest BCUT2D eigenvalue weighted by Gasteiger charge is -2.21. The van der Waals surface area contributed by atoms with Crippen LogP contribution in [0.2, 0.25) is 0 Å². The Bertz CT molecular complexity index is 1750. The van der Waals surface area contributed by atoms with E-state index in [0.29, 0.717) is 31.6 Å². The molecule has 0 heterocycles. The fourth-order valence-corrected chi connectivity index (χ4v) is 12.6. The number of aliphatic hydroxyl groups is 1. The van der Waals surface area contributed by atoms with E-state index in [1.807, 2.05) is 0 Å². The molecular weight excluding hydrogens is 1200 g/mol. The number of unbranched alkanes of at least 4 members (excludes halogenated alkanes) is 44. The Labute approximate surface area is 556 Å². The Kier molecular flexibility index (Phi) is 64.0. The van der Waals surface area contributed by atoms with Crippen molar-refractivity contribution in [2.45, 2.75) is 393 Å². The molecule has 0 saturated carbocycles. The van der Waals surface area contributed by atoms with E-state index in [0.717, 1.165) is 103 Å². The van der Waals surface area contributed by atoms with Crippen molar-refractivity contribution in [1.82, 2.24) is 0 Å². The molecule has 0 aliphatic rings. The van der Waals surface area contributed by atoms with E-state index in [-0.39, 0.29) is 25.7 Å². The minimum atomic E-state index is -4.95. The number of esters is 4. The van der Waals surface area contributed by atoms with Crippen LogP contribution in [0.3, 0.4) is 0 Å². The standard InChI is InChI=1S/C72H140O17P2/c1-6-9-12-15-18-20-22-24-25-26-27-28-29-30-31-32-33-35-37-42-47-52-57-71(76)88-68(62-83-70(75)56-51-46-41-36-34-23-21-19-16-13-10-7-2)64-87-91(80,81)85-60-66(73)59-84-90(78,79)86-63-67(61-82-69(74)55-50-45-39-17-14-11-8-3)89-72(77)58-53-48-43-38-40-44-49-54-65(4)5/h65-68,73H,6-64H2,1-5H3,(H,78,79)(H,80,81)/t66-,67+,68+/m0/s1. The molecule has 2 unspecified atom stereocenters. The normalized spacial score (nSPS) is 14.0. The Morgan fingerprint density at radius 2 is 0.505 bits per heavy atom. The van der Waals surface area contributed by atoms with E-state index in [1.54, 1.807) is 0 Å². The van der Waals surface area contributed by atoms with Gasteiger partial charge in [-0.3, -0.25) is 37.3 Å². The first-order valence-electron chi connectivity index (χ1n) is 37.6. The summed E-state index contributed by atoms with van der Waals surface area (Å²) in [6.07, 6.45) is 53.2. The topological polar surface area (TPSA) is 237 Å². The molecule has 0 amide bonds. The zero-order chi connectivity index (χ0) is 67.0. The van der Waals surface area contributed by atoms with Crippen molar-refractivity contribution in [3.05, 3.63) is 0 Å². The molecule has 19 heteroatoms. The highest BCUT2D eigenvalue weighted by Gasteiger charge is 2.30. The van der Waals surface area contributed by atoms with Crippen molar-refractivity contribution in [3.63, 3.8) is 0 Å². The Balaban J connectivity index is 5.12. The molecule has 0 rings (SSSR count). The maximum Gasteiger partial charge on any atom is 0.472 e. The van der Waals surface area contributed by atoms with E-state index in [1.165, 1.54) is 186 Å². The third-order valence-corrected chi connectivity index (χ3v) is 18.7. The highest BCUT2D eigenvalue weighted by atomic mass is 31.2. The molecule has 540 valence electrons. The van der Waals surface area contributed by atoms with Crippen LogP contribution in [0.25, 0.3) is 0 Å². The minimum Gasteiger partial charge on any atom is -0.462 e. The molecule has 0 bridgehead atoms. The van der Waals surface area contributed by atoms with Crippen LogP contribution in [0.1, 0.15) is 375 Å². The molecule has 0 radical (unpaired) electrons. The maximum absolute atomic E-state index is 13.0. The second kappa shape index (κ2) is 65.4. The van der Waals surface area contributed by atoms with Gasteiger partial charge in [0.25, 0.3) is 0 Å². The number of carbonyl (C=O) groups excluding carboxylic acids is 4. The molecule has 0 aliphatic heterocycles. The third kappa shape index (κ3) is 66.5. The van der Waals surface area contributed by atoms with Crippen LogP contribution in [-0.2, 0) is 65.4 Å². The van der Waals surface area contributed by atoms with Crippen molar-refractivity contribution in [3.8, 4) is 0 Å². The molecular formula is C72H140O17P2. The predicted molar refractivity (Wildman–Crippen MR) is 368 cm³/mol. The maximum atomic E-state index is 13.0. The zero-order valence-corrected chi connectivity index (χ0v) is 60.8. The zero-order valence-electron chi connectivity index (χ0n) is 59.0. The van der Waals surface area contributed by atoms with Crippen LogP contribution in [-0.4, -0.2) is 96.7 Å². The van der Waals surface area contributed by atoms with Crippen molar-refractivity contribution < 1.29 is 80.2 Å². The van der Waals surface area contributed by atoms with E-state index in [9.17, 15) is 43.2 Å². The lowest BCUT2D eigenvalue weighted by atomic mass is 10.0. The van der Waals surface area contributed by atoms with Crippen LogP contribution in [0.4, 0.5) is 0 Å². The van der Waals surface area contributed by atoms with Crippen molar-refractivity contribution in [2.75, 3.05) is 39.6 Å². The summed E-state index contributed by atoms with van der Waals surface area (Å²) in [5.41, 5.74) is 0. The van der Waals surface area contributed by atoms with Gasteiger partial charge in [-0.2, -0.15) is 0 Å². The summed E-state index contributed by atoms with van der Waals surface area (Å²) in [5.74, 6) is -1.43. The van der Waals surface area contributed by atoms with E-state index < -0.39 is 97.5 Å². The fourth-order valence-electron chi connectivity index (χ4n) is 11.0. The first-order chi connectivity index (χ1) is 44.0. The van der Waals surface area contributed by atoms with Gasteiger partial charge in [-0.25, -0.2) is 9.13 Å². The van der Waals surface area contributed by atoms with Crippen LogP contribution in [0.15, 0.2) is 0 Å². The van der Waals surface area contributed by atoms with Gasteiger partial charge in [-0.05, 0) is 31.6 Å². The monoisotopic (exact) mass is 1340 g/mol. The quantitative estimate of drug-likeness (QED) is 0.0222. The van der Waals surface area contributed by atoms with Crippen molar-refractivity contribution in [1.29, 1.82) is 0 Å². The Hall–Kier alpha value is -1.94. The average molecular weight is 1340 g/mol. The smallest absolute Gasteiger partial charge is 0.462 e. The van der Waals surface area contributed by atoms with Crippen LogP contribution < -0.4 is 0 Å². The number of phosphoric acid groups is 2. The van der Waals surface area contributed by atoms with Gasteiger partial charge in [-0.1, -0.05) is 324 Å².